The largest absolute Gasteiger partial charge is 0.464 e. The van der Waals surface area contributed by atoms with Gasteiger partial charge in [-0.25, -0.2) is 4.79 Å². The molecule has 3 aromatic carbocycles. The van der Waals surface area contributed by atoms with Gasteiger partial charge in [-0.15, -0.1) is 0 Å². The number of carbonyl (C=O) groups excluding carboxylic acids is 3. The standard InChI is InChI=1S/C38H39N9O10/c1-44-30(38(50)55-2)21-31(42-44)41-27-20-29(34-33-32(27)35(48)24-7-3-4-8-25(24)36(33)57-43-34)45-15-11-22(12-16-45)37(49)40-14-6-18-56-17-5-13-39-26-10-9-23(46(51)52)19-28(26)47(53)54/h3-4,7-10,19-22,39H,5-6,11-18H2,1-2H3,(H,40,49)(H,41,42). The third-order valence-electron chi connectivity index (χ3n) is 10.1. The van der Waals surface area contributed by atoms with Gasteiger partial charge in [0, 0.05) is 75.6 Å². The summed E-state index contributed by atoms with van der Waals surface area (Å²) in [4.78, 5) is 62.5. The number of nitrogens with one attached hydrogen (secondary N) is 3. The quantitative estimate of drug-likeness (QED) is 0.0485. The summed E-state index contributed by atoms with van der Waals surface area (Å²) < 4.78 is 17.8. The number of non-ortho nitro benzene ring substituents is 1. The fourth-order valence-corrected chi connectivity index (χ4v) is 7.19. The number of nitro benzene ring substituents is 2. The molecule has 1 aliphatic heterocycles. The molecule has 0 unspecified atom stereocenters. The monoisotopic (exact) mass is 781 g/mol. The van der Waals surface area contributed by atoms with Gasteiger partial charge in [0.05, 0.1) is 45.3 Å². The van der Waals surface area contributed by atoms with E-state index in [0.29, 0.717) is 110 Å². The minimum absolute atomic E-state index is 0.0386. The summed E-state index contributed by atoms with van der Waals surface area (Å²) in [7, 11) is 2.91. The fraction of sp³-hybridized carbons (Fsp3) is 0.342. The van der Waals surface area contributed by atoms with Crippen molar-refractivity contribution in [2.75, 3.05) is 62.0 Å². The van der Waals surface area contributed by atoms with E-state index in [2.05, 4.69) is 31.1 Å². The third-order valence-corrected chi connectivity index (χ3v) is 10.1. The Morgan fingerprint density at radius 2 is 1.70 bits per heavy atom. The first-order valence-electron chi connectivity index (χ1n) is 18.3. The van der Waals surface area contributed by atoms with Crippen LogP contribution in [0.3, 0.4) is 0 Å². The Labute approximate surface area is 324 Å². The number of ether oxygens (including phenoxy) is 2. The van der Waals surface area contributed by atoms with Crippen LogP contribution in [-0.4, -0.2) is 88.9 Å². The number of amides is 1. The van der Waals surface area contributed by atoms with Crippen molar-refractivity contribution in [2.45, 2.75) is 25.7 Å². The lowest BCUT2D eigenvalue weighted by atomic mass is 9.86. The Kier molecular flexibility index (Phi) is 11.1. The zero-order valence-electron chi connectivity index (χ0n) is 31.1. The minimum atomic E-state index is -0.682. The van der Waals surface area contributed by atoms with E-state index in [1.54, 1.807) is 25.2 Å². The second-order valence-electron chi connectivity index (χ2n) is 13.6. The highest BCUT2D eigenvalue weighted by Crippen LogP contribution is 2.46. The van der Waals surface area contributed by atoms with Crippen LogP contribution in [0.1, 0.15) is 52.1 Å². The number of hydrogen-bond acceptors (Lipinski definition) is 15. The maximum Gasteiger partial charge on any atom is 0.356 e. The van der Waals surface area contributed by atoms with Crippen LogP contribution in [0.2, 0.25) is 0 Å². The summed E-state index contributed by atoms with van der Waals surface area (Å²) in [5.41, 5.74) is 2.97. The number of nitro groups is 2. The lowest BCUT2D eigenvalue weighted by molar-refractivity contribution is -0.393. The van der Waals surface area contributed by atoms with Crippen LogP contribution in [0.25, 0.3) is 22.2 Å². The number of hydrogen-bond donors (Lipinski definition) is 3. The van der Waals surface area contributed by atoms with Crippen LogP contribution in [0, 0.1) is 26.1 Å². The van der Waals surface area contributed by atoms with Gasteiger partial charge in [0.2, 0.25) is 5.91 Å². The van der Waals surface area contributed by atoms with Gasteiger partial charge in [0.1, 0.15) is 16.9 Å². The summed E-state index contributed by atoms with van der Waals surface area (Å²) in [6, 6.07) is 14.1. The number of ketones is 1. The molecule has 0 bridgehead atoms. The Balaban J connectivity index is 0.934. The van der Waals surface area contributed by atoms with Crippen molar-refractivity contribution >= 4 is 62.8 Å². The van der Waals surface area contributed by atoms with Gasteiger partial charge < -0.3 is 34.8 Å². The van der Waals surface area contributed by atoms with Crippen LogP contribution < -0.4 is 20.9 Å². The van der Waals surface area contributed by atoms with Gasteiger partial charge in [0.25, 0.3) is 11.4 Å². The predicted octanol–water partition coefficient (Wildman–Crippen LogP) is 5.36. The molecule has 1 aliphatic carbocycles. The molecule has 0 spiro atoms. The number of rotatable bonds is 16. The molecule has 0 atom stereocenters. The molecule has 3 heterocycles. The molecule has 2 aromatic heterocycles. The van der Waals surface area contributed by atoms with E-state index < -0.39 is 15.8 Å². The van der Waals surface area contributed by atoms with E-state index in [4.69, 9.17) is 14.0 Å². The number of nitrogens with zero attached hydrogens (tertiary/aromatic N) is 6. The lowest BCUT2D eigenvalue weighted by Gasteiger charge is -2.33. The number of carbonyl (C=O) groups is 3. The van der Waals surface area contributed by atoms with Crippen molar-refractivity contribution in [3.8, 4) is 11.3 Å². The molecule has 19 heteroatoms. The van der Waals surface area contributed by atoms with Crippen molar-refractivity contribution in [1.29, 1.82) is 0 Å². The van der Waals surface area contributed by atoms with E-state index in [-0.39, 0.29) is 40.4 Å². The molecule has 57 heavy (non-hydrogen) atoms. The average molecular weight is 782 g/mol. The summed E-state index contributed by atoms with van der Waals surface area (Å²) in [5, 5.41) is 40.9. The van der Waals surface area contributed by atoms with E-state index in [9.17, 15) is 34.6 Å². The molecule has 0 radical (unpaired) electrons. The van der Waals surface area contributed by atoms with Crippen LogP contribution in [0.15, 0.2) is 59.1 Å². The molecule has 7 rings (SSSR count). The van der Waals surface area contributed by atoms with E-state index in [1.807, 2.05) is 18.2 Å². The topological polar surface area (TPSA) is 239 Å². The van der Waals surface area contributed by atoms with Crippen LogP contribution in [-0.2, 0) is 21.3 Å². The first-order chi connectivity index (χ1) is 27.5. The summed E-state index contributed by atoms with van der Waals surface area (Å²) >= 11 is 0. The molecule has 2 aliphatic rings. The van der Waals surface area contributed by atoms with Crippen LogP contribution >= 0.6 is 0 Å². The maximum atomic E-state index is 14.0. The van der Waals surface area contributed by atoms with Crippen LogP contribution in [0.5, 0.6) is 0 Å². The van der Waals surface area contributed by atoms with Gasteiger partial charge >= 0.3 is 5.97 Å². The normalized spacial score (nSPS) is 13.6. The number of fused-ring (bicyclic) bond motifs is 2. The van der Waals surface area contributed by atoms with E-state index in [1.165, 1.54) is 23.9 Å². The highest BCUT2D eigenvalue weighted by molar-refractivity contribution is 6.28. The van der Waals surface area contributed by atoms with Gasteiger partial charge in [-0.05, 0) is 37.8 Å². The van der Waals surface area contributed by atoms with Crippen molar-refractivity contribution < 1.29 is 38.2 Å². The fourth-order valence-electron chi connectivity index (χ4n) is 7.19. The Morgan fingerprint density at radius 3 is 2.42 bits per heavy atom. The third kappa shape index (κ3) is 7.81. The molecule has 1 fully saturated rings. The van der Waals surface area contributed by atoms with Crippen molar-refractivity contribution in [1.82, 2.24) is 20.3 Å². The zero-order valence-corrected chi connectivity index (χ0v) is 31.1. The molecular formula is C38H39N9O10. The molecular weight excluding hydrogens is 742 g/mol. The number of piperidine rings is 1. The van der Waals surface area contributed by atoms with Gasteiger partial charge in [-0.2, -0.15) is 5.10 Å². The Bertz CT molecular complexity index is 2380. The Morgan fingerprint density at radius 1 is 0.965 bits per heavy atom. The summed E-state index contributed by atoms with van der Waals surface area (Å²) in [6.07, 6.45) is 2.32. The molecule has 3 N–H and O–H groups in total. The molecule has 5 aromatic rings. The molecule has 19 nitrogen and oxygen atoms in total. The van der Waals surface area contributed by atoms with Crippen molar-refractivity contribution in [2.24, 2.45) is 13.0 Å². The molecule has 1 saturated heterocycles. The number of aromatic nitrogens is 3. The molecule has 296 valence electrons. The highest BCUT2D eigenvalue weighted by atomic mass is 16.6. The predicted molar refractivity (Wildman–Crippen MR) is 207 cm³/mol. The molecule has 0 saturated carbocycles. The van der Waals surface area contributed by atoms with E-state index in [0.717, 1.165) is 11.8 Å². The second kappa shape index (κ2) is 16.5. The number of esters is 1. The number of anilines is 4. The molecule has 1 amide bonds. The first kappa shape index (κ1) is 38.4. The maximum absolute atomic E-state index is 14.0. The van der Waals surface area contributed by atoms with Crippen molar-refractivity contribution in [3.05, 3.63) is 91.6 Å². The Hall–Kier alpha value is -6.89. The zero-order chi connectivity index (χ0) is 40.2. The summed E-state index contributed by atoms with van der Waals surface area (Å²) in [5.74, 6) is -0.161. The van der Waals surface area contributed by atoms with Gasteiger partial charge in [-0.3, -0.25) is 34.5 Å². The number of aryl methyl sites for hydroxylation is 1. The first-order valence-corrected chi connectivity index (χ1v) is 18.3. The van der Waals surface area contributed by atoms with Gasteiger partial charge in [0.15, 0.2) is 17.4 Å². The minimum Gasteiger partial charge on any atom is -0.464 e. The van der Waals surface area contributed by atoms with Gasteiger partial charge in [-0.1, -0.05) is 29.4 Å². The highest BCUT2D eigenvalue weighted by Gasteiger charge is 2.35. The lowest BCUT2D eigenvalue weighted by Crippen LogP contribution is -2.41. The average Bonchev–Trinajstić information content (AvgIpc) is 3.82. The van der Waals surface area contributed by atoms with E-state index >= 15 is 0 Å². The summed E-state index contributed by atoms with van der Waals surface area (Å²) in [6.45, 7) is 2.70. The van der Waals surface area contributed by atoms with Crippen molar-refractivity contribution in [3.63, 3.8) is 0 Å². The number of methoxy groups -OCH3 is 1. The second-order valence-corrected chi connectivity index (χ2v) is 13.6. The smallest absolute Gasteiger partial charge is 0.356 e. The number of benzene rings is 3. The van der Waals surface area contributed by atoms with Crippen LogP contribution in [0.4, 0.5) is 34.3 Å². The SMILES string of the molecule is COC(=O)c1cc(Nc2cc(N3CCC(C(=O)NCCCOCCCNc4ccc([N+](=O)[O-])cc4[N+](=O)[O-])CC3)c3noc4c3c2C(=O)c2ccccc2-4)nn1C.